The van der Waals surface area contributed by atoms with Crippen LogP contribution in [0.1, 0.15) is 18.4 Å². The molecule has 1 aliphatic carbocycles. The molecule has 1 saturated carbocycles. The summed E-state index contributed by atoms with van der Waals surface area (Å²) in [7, 11) is 0. The largest absolute Gasteiger partial charge is 0.312 e. The summed E-state index contributed by atoms with van der Waals surface area (Å²) in [6, 6.07) is 10.6. The number of fused-ring (bicyclic) bond motifs is 1. The van der Waals surface area contributed by atoms with E-state index in [4.69, 9.17) is 0 Å². The molecule has 2 aromatic rings. The number of hydrogen-bond acceptors (Lipinski definition) is 2. The molecule has 0 atom stereocenters. The van der Waals surface area contributed by atoms with Crippen LogP contribution in [0.3, 0.4) is 0 Å². The van der Waals surface area contributed by atoms with Crippen LogP contribution >= 0.6 is 0 Å². The predicted octanol–water partition coefficient (Wildman–Crippen LogP) is 2.73. The van der Waals surface area contributed by atoms with Crippen molar-refractivity contribution in [2.24, 2.45) is 5.92 Å². The van der Waals surface area contributed by atoms with Crippen LogP contribution in [0.2, 0.25) is 0 Å². The van der Waals surface area contributed by atoms with Crippen LogP contribution in [0.25, 0.3) is 10.9 Å². The third-order valence-corrected chi connectivity index (χ3v) is 3.13. The average molecular weight is 212 g/mol. The van der Waals surface area contributed by atoms with Crippen molar-refractivity contribution in [1.29, 1.82) is 0 Å². The first-order valence-electron chi connectivity index (χ1n) is 5.96. The van der Waals surface area contributed by atoms with Gasteiger partial charge in [-0.1, -0.05) is 12.1 Å². The summed E-state index contributed by atoms with van der Waals surface area (Å²) in [5.41, 5.74) is 2.43. The van der Waals surface area contributed by atoms with Gasteiger partial charge in [0, 0.05) is 18.1 Å². The van der Waals surface area contributed by atoms with Gasteiger partial charge in [0.15, 0.2) is 0 Å². The topological polar surface area (TPSA) is 24.9 Å². The minimum absolute atomic E-state index is 0.946. The highest BCUT2D eigenvalue weighted by Crippen LogP contribution is 2.27. The number of nitrogens with zero attached hydrogens (tertiary/aromatic N) is 1. The van der Waals surface area contributed by atoms with Gasteiger partial charge >= 0.3 is 0 Å². The molecule has 1 aromatic carbocycles. The number of hydrogen-bond donors (Lipinski definition) is 1. The maximum atomic E-state index is 4.32. The number of aromatic nitrogens is 1. The van der Waals surface area contributed by atoms with Crippen molar-refractivity contribution in [3.05, 3.63) is 42.1 Å². The van der Waals surface area contributed by atoms with Gasteiger partial charge < -0.3 is 5.32 Å². The van der Waals surface area contributed by atoms with E-state index in [-0.39, 0.29) is 0 Å². The summed E-state index contributed by atoms with van der Waals surface area (Å²) < 4.78 is 0. The zero-order valence-corrected chi connectivity index (χ0v) is 9.32. The van der Waals surface area contributed by atoms with Crippen LogP contribution in [0.5, 0.6) is 0 Å². The molecule has 0 aliphatic heterocycles. The van der Waals surface area contributed by atoms with E-state index < -0.39 is 0 Å². The molecular formula is C14H16N2. The number of benzene rings is 1. The fraction of sp³-hybridized carbons (Fsp3) is 0.357. The lowest BCUT2D eigenvalue weighted by Gasteiger charge is -2.05. The van der Waals surface area contributed by atoms with Gasteiger partial charge in [0.05, 0.1) is 5.52 Å². The van der Waals surface area contributed by atoms with E-state index in [1.165, 1.54) is 30.3 Å². The molecule has 0 spiro atoms. The SMILES string of the molecule is c1cnc2ccc(CNCC3CC3)cc2c1. The number of nitrogens with one attached hydrogen (secondary N) is 1. The summed E-state index contributed by atoms with van der Waals surface area (Å²) in [4.78, 5) is 4.32. The maximum absolute atomic E-state index is 4.32. The first-order chi connectivity index (χ1) is 7.92. The summed E-state index contributed by atoms with van der Waals surface area (Å²) >= 11 is 0. The normalized spacial score (nSPS) is 15.5. The van der Waals surface area contributed by atoms with Crippen molar-refractivity contribution in [3.63, 3.8) is 0 Å². The Hall–Kier alpha value is -1.41. The summed E-state index contributed by atoms with van der Waals surface area (Å²) in [6.45, 7) is 2.15. The zero-order valence-electron chi connectivity index (χ0n) is 9.32. The molecule has 1 heterocycles. The highest BCUT2D eigenvalue weighted by Gasteiger charge is 2.19. The van der Waals surface area contributed by atoms with Crippen LogP contribution < -0.4 is 5.32 Å². The van der Waals surface area contributed by atoms with E-state index in [1.807, 2.05) is 12.3 Å². The van der Waals surface area contributed by atoms with Crippen LogP contribution in [0.15, 0.2) is 36.5 Å². The average Bonchev–Trinajstić information content (AvgIpc) is 3.13. The third kappa shape index (κ3) is 2.22. The standard InChI is InChI=1S/C14H16N2/c1-2-13-8-12(5-6-14(13)16-7-1)10-15-9-11-3-4-11/h1-2,5-8,11,15H,3-4,9-10H2. The molecule has 1 N–H and O–H groups in total. The molecule has 2 nitrogen and oxygen atoms in total. The van der Waals surface area contributed by atoms with Gasteiger partial charge in [0.25, 0.3) is 0 Å². The van der Waals surface area contributed by atoms with E-state index in [0.717, 1.165) is 18.0 Å². The Labute approximate surface area is 95.7 Å². The Morgan fingerprint density at radius 2 is 2.19 bits per heavy atom. The lowest BCUT2D eigenvalue weighted by molar-refractivity contribution is 0.639. The Kier molecular flexibility index (Phi) is 2.58. The van der Waals surface area contributed by atoms with Crippen LogP contribution in [0.4, 0.5) is 0 Å². The molecule has 1 fully saturated rings. The molecule has 16 heavy (non-hydrogen) atoms. The van der Waals surface area contributed by atoms with Crippen molar-refractivity contribution in [1.82, 2.24) is 10.3 Å². The fourth-order valence-corrected chi connectivity index (χ4v) is 1.98. The molecule has 0 unspecified atom stereocenters. The number of rotatable bonds is 4. The third-order valence-electron chi connectivity index (χ3n) is 3.13. The van der Waals surface area contributed by atoms with Crippen LogP contribution in [0, 0.1) is 5.92 Å². The van der Waals surface area contributed by atoms with E-state index >= 15 is 0 Å². The second-order valence-electron chi connectivity index (χ2n) is 4.60. The lowest BCUT2D eigenvalue weighted by atomic mass is 10.1. The lowest BCUT2D eigenvalue weighted by Crippen LogP contribution is -2.15. The molecule has 0 saturated heterocycles. The van der Waals surface area contributed by atoms with E-state index in [9.17, 15) is 0 Å². The monoisotopic (exact) mass is 212 g/mol. The van der Waals surface area contributed by atoms with Crippen molar-refractivity contribution >= 4 is 10.9 Å². The van der Waals surface area contributed by atoms with Crippen molar-refractivity contribution in [2.45, 2.75) is 19.4 Å². The Morgan fingerprint density at radius 1 is 1.25 bits per heavy atom. The quantitative estimate of drug-likeness (QED) is 0.843. The van der Waals surface area contributed by atoms with Gasteiger partial charge in [-0.25, -0.2) is 0 Å². The molecule has 2 heteroatoms. The molecule has 3 rings (SSSR count). The smallest absolute Gasteiger partial charge is 0.0702 e. The Bertz CT molecular complexity index is 489. The second-order valence-corrected chi connectivity index (χ2v) is 4.60. The molecule has 0 bridgehead atoms. The van der Waals surface area contributed by atoms with Crippen LogP contribution in [-0.2, 0) is 6.54 Å². The molecule has 1 aliphatic rings. The van der Waals surface area contributed by atoms with Gasteiger partial charge in [-0.15, -0.1) is 0 Å². The maximum Gasteiger partial charge on any atom is 0.0702 e. The molecule has 0 radical (unpaired) electrons. The summed E-state index contributed by atoms with van der Waals surface area (Å²) in [6.07, 6.45) is 4.66. The van der Waals surface area contributed by atoms with Gasteiger partial charge in [-0.05, 0) is 49.1 Å². The first-order valence-corrected chi connectivity index (χ1v) is 5.96. The van der Waals surface area contributed by atoms with Crippen molar-refractivity contribution < 1.29 is 0 Å². The van der Waals surface area contributed by atoms with E-state index in [1.54, 1.807) is 0 Å². The fourth-order valence-electron chi connectivity index (χ4n) is 1.98. The highest BCUT2D eigenvalue weighted by molar-refractivity contribution is 5.78. The number of pyridine rings is 1. The Balaban J connectivity index is 1.71. The van der Waals surface area contributed by atoms with Gasteiger partial charge in [0.2, 0.25) is 0 Å². The van der Waals surface area contributed by atoms with Crippen molar-refractivity contribution in [2.75, 3.05) is 6.54 Å². The second kappa shape index (κ2) is 4.22. The highest BCUT2D eigenvalue weighted by atomic mass is 14.9. The van der Waals surface area contributed by atoms with E-state index in [2.05, 4.69) is 34.6 Å². The molecular weight excluding hydrogens is 196 g/mol. The zero-order chi connectivity index (χ0) is 10.8. The molecule has 0 amide bonds. The first kappa shape index (κ1) is 9.79. The van der Waals surface area contributed by atoms with Gasteiger partial charge in [-0.3, -0.25) is 4.98 Å². The summed E-state index contributed by atoms with van der Waals surface area (Å²) in [5, 5.41) is 4.74. The van der Waals surface area contributed by atoms with Gasteiger partial charge in [0.1, 0.15) is 0 Å². The Morgan fingerprint density at radius 3 is 3.06 bits per heavy atom. The minimum Gasteiger partial charge on any atom is -0.312 e. The molecule has 1 aromatic heterocycles. The van der Waals surface area contributed by atoms with Gasteiger partial charge in [-0.2, -0.15) is 0 Å². The van der Waals surface area contributed by atoms with E-state index in [0.29, 0.717) is 0 Å². The summed E-state index contributed by atoms with van der Waals surface area (Å²) in [5.74, 6) is 0.946. The van der Waals surface area contributed by atoms with Crippen LogP contribution in [-0.4, -0.2) is 11.5 Å². The minimum atomic E-state index is 0.946. The molecule has 82 valence electrons. The predicted molar refractivity (Wildman–Crippen MR) is 66.2 cm³/mol. The van der Waals surface area contributed by atoms with Crippen molar-refractivity contribution in [3.8, 4) is 0 Å².